The van der Waals surface area contributed by atoms with Crippen molar-refractivity contribution >= 4 is 5.91 Å². The number of halogens is 2. The molecule has 1 heterocycles. The summed E-state index contributed by atoms with van der Waals surface area (Å²) in [5.74, 6) is -1.21. The fourth-order valence-corrected chi connectivity index (χ4v) is 1.92. The van der Waals surface area contributed by atoms with E-state index < -0.39 is 11.6 Å². The summed E-state index contributed by atoms with van der Waals surface area (Å²) < 4.78 is 26.8. The molecule has 1 aliphatic rings. The third-order valence-electron chi connectivity index (χ3n) is 3.11. The summed E-state index contributed by atoms with van der Waals surface area (Å²) in [6, 6.07) is 3.49. The molecule has 98 valence electrons. The molecule has 0 aliphatic carbocycles. The number of nitrogens with one attached hydrogen (secondary N) is 2. The second-order valence-corrected chi connectivity index (χ2v) is 4.67. The first-order valence-corrected chi connectivity index (χ1v) is 6.02. The van der Waals surface area contributed by atoms with Crippen LogP contribution in [0, 0.1) is 17.6 Å². The second-order valence-electron chi connectivity index (χ2n) is 4.67. The molecular formula is C13H16F2N2O. The predicted molar refractivity (Wildman–Crippen MR) is 64.0 cm³/mol. The molecule has 1 aliphatic heterocycles. The van der Waals surface area contributed by atoms with Gasteiger partial charge in [0.1, 0.15) is 11.6 Å². The van der Waals surface area contributed by atoms with Gasteiger partial charge in [0.15, 0.2) is 0 Å². The number of rotatable bonds is 4. The van der Waals surface area contributed by atoms with Crippen molar-refractivity contribution in [1.82, 2.24) is 10.6 Å². The van der Waals surface area contributed by atoms with E-state index in [1.165, 1.54) is 18.2 Å². The molecule has 2 N–H and O–H groups in total. The van der Waals surface area contributed by atoms with Gasteiger partial charge in [0.05, 0.1) is 5.92 Å². The Kier molecular flexibility index (Phi) is 3.91. The standard InChI is InChI=1S/C13H16F2N2O/c1-8(17-13(18)9-6-16-7-9)5-10-11(14)3-2-4-12(10)15/h2-4,8-9,16H,5-7H2,1H3,(H,17,18). The molecule has 5 heteroatoms. The first kappa shape index (κ1) is 13.0. The zero-order valence-corrected chi connectivity index (χ0v) is 10.2. The molecule has 0 spiro atoms. The van der Waals surface area contributed by atoms with E-state index in [0.29, 0.717) is 13.1 Å². The number of carbonyl (C=O) groups excluding carboxylic acids is 1. The Bertz CT molecular complexity index is 426. The van der Waals surface area contributed by atoms with Crippen LogP contribution in [0.5, 0.6) is 0 Å². The lowest BCUT2D eigenvalue weighted by molar-refractivity contribution is -0.127. The predicted octanol–water partition coefficient (Wildman–Crippen LogP) is 1.23. The third-order valence-corrected chi connectivity index (χ3v) is 3.11. The minimum Gasteiger partial charge on any atom is -0.353 e. The first-order chi connectivity index (χ1) is 8.58. The van der Waals surface area contributed by atoms with E-state index in [1.54, 1.807) is 6.92 Å². The van der Waals surface area contributed by atoms with Gasteiger partial charge in [0.25, 0.3) is 0 Å². The minimum atomic E-state index is -0.568. The van der Waals surface area contributed by atoms with Gasteiger partial charge in [0, 0.05) is 24.7 Å². The number of carbonyl (C=O) groups is 1. The molecule has 0 bridgehead atoms. The lowest BCUT2D eigenvalue weighted by atomic mass is 10.0. The molecule has 18 heavy (non-hydrogen) atoms. The van der Waals surface area contributed by atoms with Gasteiger partial charge >= 0.3 is 0 Å². The highest BCUT2D eigenvalue weighted by Gasteiger charge is 2.26. The summed E-state index contributed by atoms with van der Waals surface area (Å²) in [6.45, 7) is 3.09. The number of amides is 1. The molecule has 0 radical (unpaired) electrons. The van der Waals surface area contributed by atoms with Gasteiger partial charge in [-0.25, -0.2) is 8.78 Å². The van der Waals surface area contributed by atoms with Gasteiger partial charge in [-0.15, -0.1) is 0 Å². The van der Waals surface area contributed by atoms with Crippen molar-refractivity contribution in [2.45, 2.75) is 19.4 Å². The summed E-state index contributed by atoms with van der Waals surface area (Å²) in [4.78, 5) is 11.7. The summed E-state index contributed by atoms with van der Waals surface area (Å²) in [5, 5.41) is 5.77. The van der Waals surface area contributed by atoms with E-state index in [0.717, 1.165) is 0 Å². The SMILES string of the molecule is CC(Cc1c(F)cccc1F)NC(=O)C1CNC1. The van der Waals surface area contributed by atoms with Crippen LogP contribution in [-0.2, 0) is 11.2 Å². The molecule has 1 amide bonds. The van der Waals surface area contributed by atoms with Crippen molar-refractivity contribution in [1.29, 1.82) is 0 Å². The summed E-state index contributed by atoms with van der Waals surface area (Å²) in [6.07, 6.45) is 0.157. The quantitative estimate of drug-likeness (QED) is 0.848. The van der Waals surface area contributed by atoms with E-state index in [-0.39, 0.29) is 29.9 Å². The molecular weight excluding hydrogens is 238 g/mol. The van der Waals surface area contributed by atoms with Crippen molar-refractivity contribution in [3.63, 3.8) is 0 Å². The Morgan fingerprint density at radius 2 is 2.06 bits per heavy atom. The highest BCUT2D eigenvalue weighted by Crippen LogP contribution is 2.14. The average molecular weight is 254 g/mol. The maximum atomic E-state index is 13.4. The lowest BCUT2D eigenvalue weighted by Gasteiger charge is -2.27. The van der Waals surface area contributed by atoms with Gasteiger partial charge < -0.3 is 10.6 Å². The van der Waals surface area contributed by atoms with E-state index in [2.05, 4.69) is 10.6 Å². The zero-order chi connectivity index (χ0) is 13.1. The number of hydrogen-bond acceptors (Lipinski definition) is 2. The summed E-state index contributed by atoms with van der Waals surface area (Å²) in [7, 11) is 0. The van der Waals surface area contributed by atoms with E-state index in [4.69, 9.17) is 0 Å². The topological polar surface area (TPSA) is 41.1 Å². The van der Waals surface area contributed by atoms with Crippen molar-refractivity contribution < 1.29 is 13.6 Å². The van der Waals surface area contributed by atoms with E-state index in [9.17, 15) is 13.6 Å². The molecule has 1 saturated heterocycles. The van der Waals surface area contributed by atoms with Crippen molar-refractivity contribution in [2.24, 2.45) is 5.92 Å². The molecule has 2 rings (SSSR count). The molecule has 0 aromatic heterocycles. The monoisotopic (exact) mass is 254 g/mol. The summed E-state index contributed by atoms with van der Waals surface area (Å²) in [5.41, 5.74) is 0.0250. The lowest BCUT2D eigenvalue weighted by Crippen LogP contribution is -2.52. The smallest absolute Gasteiger partial charge is 0.225 e. The largest absolute Gasteiger partial charge is 0.353 e. The van der Waals surface area contributed by atoms with Crippen LogP contribution in [0.3, 0.4) is 0 Å². The van der Waals surface area contributed by atoms with Crippen LogP contribution in [0.2, 0.25) is 0 Å². The number of benzene rings is 1. The van der Waals surface area contributed by atoms with E-state index in [1.807, 2.05) is 0 Å². The van der Waals surface area contributed by atoms with Crippen molar-refractivity contribution in [3.05, 3.63) is 35.4 Å². The Morgan fingerprint density at radius 3 is 2.56 bits per heavy atom. The van der Waals surface area contributed by atoms with Gasteiger partial charge in [-0.1, -0.05) is 6.07 Å². The fourth-order valence-electron chi connectivity index (χ4n) is 1.92. The molecule has 0 saturated carbocycles. The van der Waals surface area contributed by atoms with Crippen LogP contribution >= 0.6 is 0 Å². The van der Waals surface area contributed by atoms with E-state index >= 15 is 0 Å². The van der Waals surface area contributed by atoms with Crippen LogP contribution in [-0.4, -0.2) is 25.0 Å². The highest BCUT2D eigenvalue weighted by atomic mass is 19.1. The Labute approximate surface area is 105 Å². The van der Waals surface area contributed by atoms with Crippen LogP contribution in [0.25, 0.3) is 0 Å². The average Bonchev–Trinajstić information content (AvgIpc) is 2.21. The second kappa shape index (κ2) is 5.44. The van der Waals surface area contributed by atoms with Crippen molar-refractivity contribution in [2.75, 3.05) is 13.1 Å². The van der Waals surface area contributed by atoms with Gasteiger partial charge in [-0.05, 0) is 25.5 Å². The normalized spacial score (nSPS) is 17.1. The minimum absolute atomic E-state index is 0.0158. The maximum absolute atomic E-state index is 13.4. The van der Waals surface area contributed by atoms with Gasteiger partial charge in [-0.2, -0.15) is 0 Å². The third kappa shape index (κ3) is 2.85. The number of hydrogen-bond donors (Lipinski definition) is 2. The van der Waals surface area contributed by atoms with Crippen LogP contribution in [0.15, 0.2) is 18.2 Å². The maximum Gasteiger partial charge on any atom is 0.225 e. The summed E-state index contributed by atoms with van der Waals surface area (Å²) >= 11 is 0. The molecule has 1 aromatic rings. The Morgan fingerprint density at radius 1 is 1.44 bits per heavy atom. The van der Waals surface area contributed by atoms with Crippen LogP contribution in [0.4, 0.5) is 8.78 Å². The molecule has 1 atom stereocenters. The highest BCUT2D eigenvalue weighted by molar-refractivity contribution is 5.80. The fraction of sp³-hybridized carbons (Fsp3) is 0.462. The zero-order valence-electron chi connectivity index (χ0n) is 10.2. The first-order valence-electron chi connectivity index (χ1n) is 6.02. The van der Waals surface area contributed by atoms with Crippen LogP contribution < -0.4 is 10.6 Å². The van der Waals surface area contributed by atoms with Gasteiger partial charge in [-0.3, -0.25) is 4.79 Å². The molecule has 1 unspecified atom stereocenters. The van der Waals surface area contributed by atoms with Crippen molar-refractivity contribution in [3.8, 4) is 0 Å². The molecule has 1 aromatic carbocycles. The Hall–Kier alpha value is -1.49. The van der Waals surface area contributed by atoms with Crippen LogP contribution in [0.1, 0.15) is 12.5 Å². The molecule has 1 fully saturated rings. The van der Waals surface area contributed by atoms with Gasteiger partial charge in [0.2, 0.25) is 5.91 Å². The molecule has 3 nitrogen and oxygen atoms in total. The Balaban J connectivity index is 1.94.